The van der Waals surface area contributed by atoms with Gasteiger partial charge in [0.25, 0.3) is 5.91 Å². The highest BCUT2D eigenvalue weighted by atomic mass is 16.5. The van der Waals surface area contributed by atoms with Gasteiger partial charge in [-0.25, -0.2) is 4.79 Å². The van der Waals surface area contributed by atoms with Gasteiger partial charge in [0.05, 0.1) is 30.2 Å². The SMILES string of the molecule is CCOC(=O)CC[C@@H](NC(=O)[C@@H](NC(=O)C1=CC(=Cc2ccc(C)cc2)N=C1C)C(C)C)C(=O)OCC. The molecule has 0 saturated heterocycles. The van der Waals surface area contributed by atoms with Crippen LogP contribution in [0, 0.1) is 12.8 Å². The second-order valence-electron chi connectivity index (χ2n) is 9.09. The van der Waals surface area contributed by atoms with Crippen molar-refractivity contribution in [3.8, 4) is 0 Å². The predicted molar refractivity (Wildman–Crippen MR) is 142 cm³/mol. The average Bonchev–Trinajstić information content (AvgIpc) is 3.21. The highest BCUT2D eigenvalue weighted by molar-refractivity contribution is 6.23. The van der Waals surface area contributed by atoms with Crippen LogP contribution in [0.1, 0.15) is 58.6 Å². The molecular formula is C28H37N3O6. The number of aliphatic imine (C=N–C) groups is 1. The van der Waals surface area contributed by atoms with Crippen LogP contribution in [-0.4, -0.2) is 54.8 Å². The number of carbonyl (C=O) groups is 4. The van der Waals surface area contributed by atoms with Crippen molar-refractivity contribution in [1.82, 2.24) is 10.6 Å². The van der Waals surface area contributed by atoms with E-state index < -0.39 is 35.8 Å². The highest BCUT2D eigenvalue weighted by Crippen LogP contribution is 2.20. The molecule has 0 aliphatic carbocycles. The van der Waals surface area contributed by atoms with E-state index in [9.17, 15) is 19.2 Å². The van der Waals surface area contributed by atoms with Gasteiger partial charge in [0.15, 0.2) is 0 Å². The topological polar surface area (TPSA) is 123 Å². The van der Waals surface area contributed by atoms with Gasteiger partial charge < -0.3 is 20.1 Å². The number of allylic oxidation sites excluding steroid dienone is 1. The maximum atomic E-state index is 13.1. The highest BCUT2D eigenvalue weighted by Gasteiger charge is 2.31. The Balaban J connectivity index is 2.13. The van der Waals surface area contributed by atoms with Crippen LogP contribution >= 0.6 is 0 Å². The molecule has 0 aromatic heterocycles. The van der Waals surface area contributed by atoms with Gasteiger partial charge in [0.1, 0.15) is 12.1 Å². The number of nitrogens with zero attached hydrogens (tertiary/aromatic N) is 1. The number of ether oxygens (including phenoxy) is 2. The second-order valence-corrected chi connectivity index (χ2v) is 9.09. The molecule has 0 radical (unpaired) electrons. The fraction of sp³-hybridized carbons (Fsp3) is 0.464. The summed E-state index contributed by atoms with van der Waals surface area (Å²) in [6.07, 6.45) is 3.52. The monoisotopic (exact) mass is 511 g/mol. The molecule has 9 heteroatoms. The van der Waals surface area contributed by atoms with E-state index in [1.807, 2.05) is 37.3 Å². The number of amides is 2. The van der Waals surface area contributed by atoms with Crippen LogP contribution in [0.15, 0.2) is 46.6 Å². The van der Waals surface area contributed by atoms with Crippen LogP contribution < -0.4 is 10.6 Å². The van der Waals surface area contributed by atoms with Gasteiger partial charge in [-0.05, 0) is 57.7 Å². The van der Waals surface area contributed by atoms with Gasteiger partial charge in [0.2, 0.25) is 5.91 Å². The molecule has 2 atom stereocenters. The van der Waals surface area contributed by atoms with Gasteiger partial charge >= 0.3 is 11.9 Å². The first-order valence-corrected chi connectivity index (χ1v) is 12.5. The van der Waals surface area contributed by atoms with E-state index in [0.717, 1.165) is 11.1 Å². The Bertz CT molecular complexity index is 1090. The van der Waals surface area contributed by atoms with Crippen LogP contribution in [0.25, 0.3) is 6.08 Å². The molecule has 1 aliphatic heterocycles. The first kappa shape index (κ1) is 29.5. The van der Waals surface area contributed by atoms with Crippen LogP contribution in [0.3, 0.4) is 0 Å². The summed E-state index contributed by atoms with van der Waals surface area (Å²) in [5.74, 6) is -2.40. The molecule has 2 rings (SSSR count). The van der Waals surface area contributed by atoms with Crippen LogP contribution in [-0.2, 0) is 28.7 Å². The smallest absolute Gasteiger partial charge is 0.328 e. The third-order valence-electron chi connectivity index (χ3n) is 5.68. The summed E-state index contributed by atoms with van der Waals surface area (Å²) in [5.41, 5.74) is 3.65. The first-order chi connectivity index (χ1) is 17.5. The molecule has 0 saturated carbocycles. The van der Waals surface area contributed by atoms with E-state index >= 15 is 0 Å². The van der Waals surface area contributed by atoms with Crippen molar-refractivity contribution in [3.05, 3.63) is 52.7 Å². The molecule has 37 heavy (non-hydrogen) atoms. The summed E-state index contributed by atoms with van der Waals surface area (Å²) in [6, 6.07) is 5.97. The summed E-state index contributed by atoms with van der Waals surface area (Å²) in [6.45, 7) is 11.0. The Kier molecular flexibility index (Phi) is 11.2. The van der Waals surface area contributed by atoms with Gasteiger partial charge in [-0.3, -0.25) is 19.4 Å². The summed E-state index contributed by atoms with van der Waals surface area (Å²) in [4.78, 5) is 54.9. The fourth-order valence-corrected chi connectivity index (χ4v) is 3.68. The van der Waals surface area contributed by atoms with Crippen molar-refractivity contribution in [2.75, 3.05) is 13.2 Å². The summed E-state index contributed by atoms with van der Waals surface area (Å²) >= 11 is 0. The van der Waals surface area contributed by atoms with E-state index in [0.29, 0.717) is 17.0 Å². The minimum Gasteiger partial charge on any atom is -0.466 e. The summed E-state index contributed by atoms with van der Waals surface area (Å²) in [5, 5.41) is 5.41. The zero-order valence-corrected chi connectivity index (χ0v) is 22.4. The summed E-state index contributed by atoms with van der Waals surface area (Å²) < 4.78 is 9.97. The molecule has 0 bridgehead atoms. The zero-order chi connectivity index (χ0) is 27.5. The van der Waals surface area contributed by atoms with Crippen molar-refractivity contribution >= 4 is 35.5 Å². The third-order valence-corrected chi connectivity index (χ3v) is 5.68. The molecule has 200 valence electrons. The fourth-order valence-electron chi connectivity index (χ4n) is 3.68. The lowest BCUT2D eigenvalue weighted by molar-refractivity contribution is -0.149. The minimum absolute atomic E-state index is 0.0201. The Labute approximate surface area is 218 Å². The molecule has 2 N–H and O–H groups in total. The number of rotatable bonds is 12. The standard InChI is InChI=1S/C28H37N3O6/c1-7-36-24(32)14-13-23(28(35)37-8-2)30-27(34)25(17(3)4)31-26(33)22-16-21(29-19(22)6)15-20-11-9-18(5)10-12-20/h9-12,15-17,23,25H,7-8,13-14H2,1-6H3,(H,30,34)(H,31,33)/t23-,25+/m1/s1. The zero-order valence-electron chi connectivity index (χ0n) is 22.4. The van der Waals surface area contributed by atoms with Crippen molar-refractivity contribution in [3.63, 3.8) is 0 Å². The Morgan fingerprint density at radius 2 is 1.62 bits per heavy atom. The third kappa shape index (κ3) is 9.00. The van der Waals surface area contributed by atoms with Crippen LogP contribution in [0.2, 0.25) is 0 Å². The summed E-state index contributed by atoms with van der Waals surface area (Å²) in [7, 11) is 0. The second kappa shape index (κ2) is 14.1. The van der Waals surface area contributed by atoms with Gasteiger partial charge in [0, 0.05) is 6.42 Å². The number of hydrogen-bond acceptors (Lipinski definition) is 7. The molecule has 1 heterocycles. The average molecular weight is 512 g/mol. The van der Waals surface area contributed by atoms with E-state index in [-0.39, 0.29) is 32.0 Å². The van der Waals surface area contributed by atoms with E-state index in [2.05, 4.69) is 15.6 Å². The molecule has 2 amide bonds. The number of benzene rings is 1. The lowest BCUT2D eigenvalue weighted by atomic mass is 10.0. The van der Waals surface area contributed by atoms with Gasteiger partial charge in [-0.1, -0.05) is 43.7 Å². The van der Waals surface area contributed by atoms with Gasteiger partial charge in [-0.2, -0.15) is 0 Å². The van der Waals surface area contributed by atoms with Crippen molar-refractivity contribution < 1.29 is 28.7 Å². The number of hydrogen-bond donors (Lipinski definition) is 2. The molecule has 0 fully saturated rings. The minimum atomic E-state index is -1.05. The molecular weight excluding hydrogens is 474 g/mol. The Morgan fingerprint density at radius 1 is 0.973 bits per heavy atom. The number of aryl methyl sites for hydroxylation is 1. The quantitative estimate of drug-likeness (QED) is 0.415. The molecule has 1 aliphatic rings. The van der Waals surface area contributed by atoms with Crippen molar-refractivity contribution in [2.24, 2.45) is 10.9 Å². The number of nitrogens with one attached hydrogen (secondary N) is 2. The number of carbonyl (C=O) groups excluding carboxylic acids is 4. The Hall–Kier alpha value is -3.75. The lowest BCUT2D eigenvalue weighted by Gasteiger charge is -2.25. The van der Waals surface area contributed by atoms with E-state index in [1.165, 1.54) is 0 Å². The molecule has 9 nitrogen and oxygen atoms in total. The molecule has 1 aromatic rings. The lowest BCUT2D eigenvalue weighted by Crippen LogP contribution is -2.54. The van der Waals surface area contributed by atoms with Crippen molar-refractivity contribution in [1.29, 1.82) is 0 Å². The molecule has 0 unspecified atom stereocenters. The maximum absolute atomic E-state index is 13.1. The van der Waals surface area contributed by atoms with E-state index in [1.54, 1.807) is 40.7 Å². The molecule has 0 spiro atoms. The Morgan fingerprint density at radius 3 is 2.22 bits per heavy atom. The normalized spacial score (nSPS) is 15.5. The van der Waals surface area contributed by atoms with Crippen LogP contribution in [0.4, 0.5) is 0 Å². The van der Waals surface area contributed by atoms with Crippen LogP contribution in [0.5, 0.6) is 0 Å². The largest absolute Gasteiger partial charge is 0.466 e. The maximum Gasteiger partial charge on any atom is 0.328 e. The number of esters is 2. The van der Waals surface area contributed by atoms with Gasteiger partial charge in [-0.15, -0.1) is 0 Å². The van der Waals surface area contributed by atoms with Crippen molar-refractivity contribution in [2.45, 2.75) is 66.5 Å². The first-order valence-electron chi connectivity index (χ1n) is 12.5. The van der Waals surface area contributed by atoms with E-state index in [4.69, 9.17) is 9.47 Å². The predicted octanol–water partition coefficient (Wildman–Crippen LogP) is 3.27. The molecule has 1 aromatic carbocycles.